The topological polar surface area (TPSA) is 30.0 Å². The molecule has 0 radical (unpaired) electrons. The van der Waals surface area contributed by atoms with Crippen molar-refractivity contribution >= 4 is 17.1 Å². The van der Waals surface area contributed by atoms with Gasteiger partial charge in [-0.05, 0) is 18.8 Å². The number of nitrogens with zero attached hydrogens (tertiary/aromatic N) is 1. The number of carbonyl (C=O) groups is 1. The average molecular weight is 223 g/mol. The van der Waals surface area contributed by atoms with E-state index in [0.29, 0.717) is 5.78 Å². The average Bonchev–Trinajstić information content (AvgIpc) is 2.74. The van der Waals surface area contributed by atoms with Crippen molar-refractivity contribution in [3.63, 3.8) is 0 Å². The zero-order valence-corrected chi connectivity index (χ0v) is 9.93. The number of hydrogen-bond acceptors (Lipinski definition) is 3. The van der Waals surface area contributed by atoms with Crippen LogP contribution >= 0.6 is 11.3 Å². The molecule has 2 nitrogen and oxygen atoms in total. The first-order valence-electron chi connectivity index (χ1n) is 5.70. The SMILES string of the molecule is CCC1CCC(=O)C(Cc2nccs2)C1. The van der Waals surface area contributed by atoms with Crippen LogP contribution in [0.1, 0.15) is 37.6 Å². The summed E-state index contributed by atoms with van der Waals surface area (Å²) in [5.41, 5.74) is 0. The van der Waals surface area contributed by atoms with Crippen molar-refractivity contribution in [2.45, 2.75) is 39.0 Å². The number of hydrogen-bond donors (Lipinski definition) is 0. The highest BCUT2D eigenvalue weighted by molar-refractivity contribution is 7.09. The molecule has 0 bridgehead atoms. The summed E-state index contributed by atoms with van der Waals surface area (Å²) in [5.74, 6) is 1.46. The Morgan fingerprint density at radius 2 is 2.47 bits per heavy atom. The maximum atomic E-state index is 11.8. The Kier molecular flexibility index (Phi) is 3.52. The number of ketones is 1. The molecule has 1 fully saturated rings. The smallest absolute Gasteiger partial charge is 0.136 e. The molecule has 0 aliphatic heterocycles. The van der Waals surface area contributed by atoms with Gasteiger partial charge in [0.05, 0.1) is 5.01 Å². The number of rotatable bonds is 3. The fourth-order valence-electron chi connectivity index (χ4n) is 2.33. The van der Waals surface area contributed by atoms with E-state index < -0.39 is 0 Å². The predicted molar refractivity (Wildman–Crippen MR) is 61.9 cm³/mol. The lowest BCUT2D eigenvalue weighted by molar-refractivity contribution is -0.125. The molecule has 1 aromatic rings. The van der Waals surface area contributed by atoms with Crippen molar-refractivity contribution in [2.75, 3.05) is 0 Å². The molecule has 2 rings (SSSR count). The summed E-state index contributed by atoms with van der Waals surface area (Å²) in [6.45, 7) is 2.22. The first kappa shape index (κ1) is 10.8. The molecular weight excluding hydrogens is 206 g/mol. The third-order valence-corrected chi connectivity index (χ3v) is 4.16. The van der Waals surface area contributed by atoms with Gasteiger partial charge in [-0.1, -0.05) is 13.3 Å². The van der Waals surface area contributed by atoms with Gasteiger partial charge in [0.25, 0.3) is 0 Å². The molecule has 1 aromatic heterocycles. The fraction of sp³-hybridized carbons (Fsp3) is 0.667. The summed E-state index contributed by atoms with van der Waals surface area (Å²) < 4.78 is 0. The van der Waals surface area contributed by atoms with E-state index in [1.165, 1.54) is 6.42 Å². The monoisotopic (exact) mass is 223 g/mol. The van der Waals surface area contributed by atoms with Crippen molar-refractivity contribution in [1.29, 1.82) is 0 Å². The van der Waals surface area contributed by atoms with Crippen LogP contribution in [0.4, 0.5) is 0 Å². The minimum Gasteiger partial charge on any atom is -0.299 e. The minimum absolute atomic E-state index is 0.245. The van der Waals surface area contributed by atoms with Crippen molar-refractivity contribution < 1.29 is 4.79 Å². The van der Waals surface area contributed by atoms with Gasteiger partial charge in [0, 0.05) is 30.3 Å². The highest BCUT2D eigenvalue weighted by Gasteiger charge is 2.28. The Hall–Kier alpha value is -0.700. The molecule has 82 valence electrons. The Labute approximate surface area is 94.7 Å². The highest BCUT2D eigenvalue weighted by Crippen LogP contribution is 2.31. The lowest BCUT2D eigenvalue weighted by Crippen LogP contribution is -2.26. The summed E-state index contributed by atoms with van der Waals surface area (Å²) in [4.78, 5) is 16.0. The van der Waals surface area contributed by atoms with E-state index in [1.807, 2.05) is 11.6 Å². The second-order valence-electron chi connectivity index (χ2n) is 4.34. The van der Waals surface area contributed by atoms with Crippen LogP contribution in [0.5, 0.6) is 0 Å². The predicted octanol–water partition coefficient (Wildman–Crippen LogP) is 3.08. The van der Waals surface area contributed by atoms with Gasteiger partial charge in [-0.25, -0.2) is 4.98 Å². The Bertz CT molecular complexity index is 320. The molecule has 0 aromatic carbocycles. The molecule has 0 saturated heterocycles. The van der Waals surface area contributed by atoms with Crippen LogP contribution in [0.15, 0.2) is 11.6 Å². The fourth-order valence-corrected chi connectivity index (χ4v) is 3.03. The first-order valence-corrected chi connectivity index (χ1v) is 6.58. The molecule has 2 unspecified atom stereocenters. The maximum absolute atomic E-state index is 11.8. The lowest BCUT2D eigenvalue weighted by Gasteiger charge is -2.26. The third-order valence-electron chi connectivity index (χ3n) is 3.35. The van der Waals surface area contributed by atoms with Gasteiger partial charge < -0.3 is 0 Å². The van der Waals surface area contributed by atoms with Crippen LogP contribution in [0.3, 0.4) is 0 Å². The molecular formula is C12H17NOS. The van der Waals surface area contributed by atoms with Crippen LogP contribution < -0.4 is 0 Å². The summed E-state index contributed by atoms with van der Waals surface area (Å²) in [7, 11) is 0. The van der Waals surface area contributed by atoms with Crippen molar-refractivity contribution in [1.82, 2.24) is 4.98 Å². The molecule has 15 heavy (non-hydrogen) atoms. The Morgan fingerprint density at radius 1 is 1.60 bits per heavy atom. The molecule has 1 aliphatic carbocycles. The number of carbonyl (C=O) groups excluding carboxylic acids is 1. The number of aromatic nitrogens is 1. The van der Waals surface area contributed by atoms with E-state index in [0.717, 1.165) is 36.6 Å². The van der Waals surface area contributed by atoms with E-state index in [1.54, 1.807) is 11.3 Å². The van der Waals surface area contributed by atoms with Crippen LogP contribution in [0, 0.1) is 11.8 Å². The van der Waals surface area contributed by atoms with Gasteiger partial charge >= 0.3 is 0 Å². The molecule has 3 heteroatoms. The summed E-state index contributed by atoms with van der Waals surface area (Å²) in [6, 6.07) is 0. The van der Waals surface area contributed by atoms with Crippen molar-refractivity contribution in [3.8, 4) is 0 Å². The van der Waals surface area contributed by atoms with Crippen molar-refractivity contribution in [2.24, 2.45) is 11.8 Å². The molecule has 0 amide bonds. The van der Waals surface area contributed by atoms with Gasteiger partial charge in [-0.15, -0.1) is 11.3 Å². The normalized spacial score (nSPS) is 26.9. The standard InChI is InChI=1S/C12H17NOS/c1-2-9-3-4-11(14)10(7-9)8-12-13-5-6-15-12/h5-6,9-10H,2-4,7-8H2,1H3. The van der Waals surface area contributed by atoms with Crippen LogP contribution in [-0.4, -0.2) is 10.8 Å². The van der Waals surface area contributed by atoms with Gasteiger partial charge in [-0.2, -0.15) is 0 Å². The van der Waals surface area contributed by atoms with E-state index in [2.05, 4.69) is 11.9 Å². The molecule has 1 aliphatic rings. The maximum Gasteiger partial charge on any atom is 0.136 e. The molecule has 1 saturated carbocycles. The zero-order chi connectivity index (χ0) is 10.7. The van der Waals surface area contributed by atoms with E-state index in [-0.39, 0.29) is 5.92 Å². The number of thiazole rings is 1. The molecule has 0 N–H and O–H groups in total. The van der Waals surface area contributed by atoms with Crippen LogP contribution in [0.2, 0.25) is 0 Å². The summed E-state index contributed by atoms with van der Waals surface area (Å²) >= 11 is 1.66. The van der Waals surface area contributed by atoms with E-state index in [9.17, 15) is 4.79 Å². The van der Waals surface area contributed by atoms with Crippen LogP contribution in [-0.2, 0) is 11.2 Å². The third kappa shape index (κ3) is 2.65. The second-order valence-corrected chi connectivity index (χ2v) is 5.32. The quantitative estimate of drug-likeness (QED) is 0.788. The minimum atomic E-state index is 0.245. The van der Waals surface area contributed by atoms with Crippen molar-refractivity contribution in [3.05, 3.63) is 16.6 Å². The number of Topliss-reactive ketones (excluding diaryl/α,β-unsaturated/α-hetero) is 1. The largest absolute Gasteiger partial charge is 0.299 e. The first-order chi connectivity index (χ1) is 7.29. The molecule has 0 spiro atoms. The lowest BCUT2D eigenvalue weighted by atomic mass is 9.78. The van der Waals surface area contributed by atoms with E-state index in [4.69, 9.17) is 0 Å². The molecule has 2 atom stereocenters. The van der Waals surface area contributed by atoms with Gasteiger partial charge in [-0.3, -0.25) is 4.79 Å². The van der Waals surface area contributed by atoms with Crippen LogP contribution in [0.25, 0.3) is 0 Å². The zero-order valence-electron chi connectivity index (χ0n) is 9.11. The highest BCUT2D eigenvalue weighted by atomic mass is 32.1. The molecule has 1 heterocycles. The summed E-state index contributed by atoms with van der Waals surface area (Å²) in [5, 5.41) is 3.10. The van der Waals surface area contributed by atoms with Gasteiger partial charge in [0.1, 0.15) is 5.78 Å². The van der Waals surface area contributed by atoms with Gasteiger partial charge in [0.2, 0.25) is 0 Å². The Morgan fingerprint density at radius 3 is 3.13 bits per heavy atom. The summed E-state index contributed by atoms with van der Waals surface area (Å²) in [6.07, 6.45) is 6.87. The second kappa shape index (κ2) is 4.88. The van der Waals surface area contributed by atoms with Gasteiger partial charge in [0.15, 0.2) is 0 Å². The van der Waals surface area contributed by atoms with E-state index >= 15 is 0 Å². The Balaban J connectivity index is 1.97.